The quantitative estimate of drug-likeness (QED) is 0.681. The number of para-hydroxylation sites is 1. The van der Waals surface area contributed by atoms with E-state index in [1.165, 1.54) is 0 Å². The lowest BCUT2D eigenvalue weighted by molar-refractivity contribution is 0.416. The molecule has 3 aromatic rings. The molecule has 90 valence electrons. The summed E-state index contributed by atoms with van der Waals surface area (Å²) in [5, 5.41) is 1.14. The van der Waals surface area contributed by atoms with E-state index in [-0.39, 0.29) is 0 Å². The van der Waals surface area contributed by atoms with Crippen LogP contribution in [0, 0.1) is 0 Å². The summed E-state index contributed by atoms with van der Waals surface area (Å²) >= 11 is 5.34. The lowest BCUT2D eigenvalue weighted by Gasteiger charge is -2.06. The Morgan fingerprint density at radius 3 is 2.78 bits per heavy atom. The van der Waals surface area contributed by atoms with Crippen molar-refractivity contribution in [3.05, 3.63) is 47.1 Å². The van der Waals surface area contributed by atoms with E-state index in [4.69, 9.17) is 4.74 Å². The van der Waals surface area contributed by atoms with Crippen LogP contribution in [-0.2, 0) is 0 Å². The summed E-state index contributed by atoms with van der Waals surface area (Å²) in [6, 6.07) is 12.0. The van der Waals surface area contributed by atoms with Crippen molar-refractivity contribution in [2.45, 2.75) is 0 Å². The molecule has 0 radical (unpaired) electrons. The first-order chi connectivity index (χ1) is 8.81. The summed E-state index contributed by atoms with van der Waals surface area (Å²) in [7, 11) is 1.69. The minimum atomic E-state index is 0.879. The number of hydrogen-bond donors (Lipinski definition) is 0. The number of pyridine rings is 1. The van der Waals surface area contributed by atoms with E-state index in [1.54, 1.807) is 18.4 Å². The lowest BCUT2D eigenvalue weighted by Crippen LogP contribution is -1.85. The Labute approximate surface area is 117 Å². The van der Waals surface area contributed by atoms with Gasteiger partial charge in [-0.25, -0.2) is 4.98 Å². The maximum atomic E-state index is 5.42. The van der Waals surface area contributed by atoms with Crippen molar-refractivity contribution < 1.29 is 4.74 Å². The normalized spacial score (nSPS) is 10.8. The Kier molecular flexibility index (Phi) is 3.06. The maximum Gasteiger partial charge on any atom is 0.127 e. The summed E-state index contributed by atoms with van der Waals surface area (Å²) in [5.74, 6) is 0.879. The monoisotopic (exact) mass is 319 g/mol. The molecular weight excluding hydrogens is 310 g/mol. The fraction of sp³-hybridized carbons (Fsp3) is 0.0714. The van der Waals surface area contributed by atoms with E-state index in [2.05, 4.69) is 33.0 Å². The van der Waals surface area contributed by atoms with Gasteiger partial charge in [0.05, 0.1) is 12.0 Å². The SMILES string of the molecule is COc1ccccc1-c1sc2ncccc2c1Br. The molecule has 2 heterocycles. The van der Waals surface area contributed by atoms with Gasteiger partial charge < -0.3 is 4.74 Å². The average Bonchev–Trinajstić information content (AvgIpc) is 2.76. The zero-order chi connectivity index (χ0) is 12.5. The molecular formula is C14H10BrNOS. The average molecular weight is 320 g/mol. The Balaban J connectivity index is 2.28. The fourth-order valence-electron chi connectivity index (χ4n) is 1.91. The molecule has 0 spiro atoms. The van der Waals surface area contributed by atoms with Gasteiger partial charge in [-0.05, 0) is 40.2 Å². The van der Waals surface area contributed by atoms with Gasteiger partial charge in [-0.3, -0.25) is 0 Å². The van der Waals surface area contributed by atoms with Gasteiger partial charge in [-0.15, -0.1) is 11.3 Å². The predicted molar refractivity (Wildman–Crippen MR) is 79.3 cm³/mol. The first kappa shape index (κ1) is 11.7. The molecule has 4 heteroatoms. The van der Waals surface area contributed by atoms with Crippen LogP contribution in [0.5, 0.6) is 5.75 Å². The van der Waals surface area contributed by atoms with Crippen molar-refractivity contribution in [2.24, 2.45) is 0 Å². The third-order valence-corrected chi connectivity index (χ3v) is 4.99. The number of ether oxygens (including phenoxy) is 1. The molecule has 2 aromatic heterocycles. The molecule has 0 saturated carbocycles. The second-order valence-electron chi connectivity index (χ2n) is 3.80. The molecule has 0 aliphatic heterocycles. The highest BCUT2D eigenvalue weighted by molar-refractivity contribution is 9.10. The van der Waals surface area contributed by atoms with Crippen LogP contribution in [0.3, 0.4) is 0 Å². The molecule has 1 aromatic carbocycles. The standard InChI is InChI=1S/C14H10BrNOS/c1-17-11-7-3-2-5-9(11)13-12(15)10-6-4-8-16-14(10)18-13/h2-8H,1H3. The number of fused-ring (bicyclic) bond motifs is 1. The van der Waals surface area contributed by atoms with Crippen LogP contribution in [0.25, 0.3) is 20.7 Å². The molecule has 0 atom stereocenters. The zero-order valence-electron chi connectivity index (χ0n) is 9.68. The van der Waals surface area contributed by atoms with Crippen molar-refractivity contribution in [3.63, 3.8) is 0 Å². The molecule has 0 amide bonds. The van der Waals surface area contributed by atoms with Crippen molar-refractivity contribution in [3.8, 4) is 16.2 Å². The Bertz CT molecular complexity index is 708. The largest absolute Gasteiger partial charge is 0.496 e. The van der Waals surface area contributed by atoms with E-state index in [0.717, 1.165) is 30.9 Å². The fourth-order valence-corrected chi connectivity index (χ4v) is 3.88. The van der Waals surface area contributed by atoms with Crippen molar-refractivity contribution in [1.82, 2.24) is 4.98 Å². The van der Waals surface area contributed by atoms with Crippen LogP contribution in [0.15, 0.2) is 47.1 Å². The summed E-state index contributed by atoms with van der Waals surface area (Å²) in [6.07, 6.45) is 1.82. The number of hydrogen-bond acceptors (Lipinski definition) is 3. The number of benzene rings is 1. The highest BCUT2D eigenvalue weighted by Crippen LogP contribution is 2.44. The number of thiophene rings is 1. The van der Waals surface area contributed by atoms with Crippen molar-refractivity contribution in [2.75, 3.05) is 7.11 Å². The van der Waals surface area contributed by atoms with Crippen molar-refractivity contribution in [1.29, 1.82) is 0 Å². The predicted octanol–water partition coefficient (Wildman–Crippen LogP) is 4.73. The summed E-state index contributed by atoms with van der Waals surface area (Å²) in [4.78, 5) is 6.58. The first-order valence-electron chi connectivity index (χ1n) is 5.47. The molecule has 0 aliphatic carbocycles. The molecule has 0 N–H and O–H groups in total. The Morgan fingerprint density at radius 2 is 2.00 bits per heavy atom. The van der Waals surface area contributed by atoms with Gasteiger partial charge in [0.2, 0.25) is 0 Å². The van der Waals surface area contributed by atoms with Crippen LogP contribution >= 0.6 is 27.3 Å². The molecule has 0 bridgehead atoms. The molecule has 3 rings (SSSR count). The Morgan fingerprint density at radius 1 is 1.17 bits per heavy atom. The van der Waals surface area contributed by atoms with Gasteiger partial charge in [0.25, 0.3) is 0 Å². The molecule has 2 nitrogen and oxygen atoms in total. The minimum Gasteiger partial charge on any atom is -0.496 e. The number of aromatic nitrogens is 1. The van der Waals surface area contributed by atoms with Crippen LogP contribution < -0.4 is 4.74 Å². The molecule has 0 saturated heterocycles. The molecule has 18 heavy (non-hydrogen) atoms. The van der Waals surface area contributed by atoms with Gasteiger partial charge in [0.15, 0.2) is 0 Å². The van der Waals surface area contributed by atoms with E-state index in [1.807, 2.05) is 30.5 Å². The third-order valence-electron chi connectivity index (χ3n) is 2.76. The minimum absolute atomic E-state index is 0.879. The van der Waals surface area contributed by atoms with Crippen LogP contribution in [-0.4, -0.2) is 12.1 Å². The smallest absolute Gasteiger partial charge is 0.127 e. The highest BCUT2D eigenvalue weighted by atomic mass is 79.9. The van der Waals surface area contributed by atoms with Gasteiger partial charge in [0.1, 0.15) is 10.6 Å². The molecule has 0 unspecified atom stereocenters. The van der Waals surface area contributed by atoms with Gasteiger partial charge in [0, 0.05) is 21.6 Å². The maximum absolute atomic E-state index is 5.42. The Hall–Kier alpha value is -1.39. The van der Waals surface area contributed by atoms with E-state index < -0.39 is 0 Å². The van der Waals surface area contributed by atoms with Gasteiger partial charge in [-0.1, -0.05) is 12.1 Å². The van der Waals surface area contributed by atoms with E-state index in [0.29, 0.717) is 0 Å². The topological polar surface area (TPSA) is 22.1 Å². The van der Waals surface area contributed by atoms with E-state index in [9.17, 15) is 0 Å². The first-order valence-corrected chi connectivity index (χ1v) is 7.08. The summed E-state index contributed by atoms with van der Waals surface area (Å²) in [6.45, 7) is 0. The van der Waals surface area contributed by atoms with Crippen molar-refractivity contribution >= 4 is 37.5 Å². The number of methoxy groups -OCH3 is 1. The molecule has 0 fully saturated rings. The number of halogens is 1. The number of nitrogens with zero attached hydrogens (tertiary/aromatic N) is 1. The third kappa shape index (κ3) is 1.82. The van der Waals surface area contributed by atoms with Crippen LogP contribution in [0.1, 0.15) is 0 Å². The second-order valence-corrected chi connectivity index (χ2v) is 5.59. The van der Waals surface area contributed by atoms with Gasteiger partial charge in [-0.2, -0.15) is 0 Å². The number of rotatable bonds is 2. The second kappa shape index (κ2) is 4.71. The van der Waals surface area contributed by atoms with Crippen LogP contribution in [0.4, 0.5) is 0 Å². The van der Waals surface area contributed by atoms with Gasteiger partial charge >= 0.3 is 0 Å². The van der Waals surface area contributed by atoms with E-state index >= 15 is 0 Å². The highest BCUT2D eigenvalue weighted by Gasteiger charge is 2.15. The lowest BCUT2D eigenvalue weighted by atomic mass is 10.1. The zero-order valence-corrected chi connectivity index (χ0v) is 12.1. The molecule has 0 aliphatic rings. The summed E-state index contributed by atoms with van der Waals surface area (Å²) in [5.41, 5.74) is 1.09. The van der Waals surface area contributed by atoms with Crippen LogP contribution in [0.2, 0.25) is 0 Å². The summed E-state index contributed by atoms with van der Waals surface area (Å²) < 4.78 is 6.50.